The van der Waals surface area contributed by atoms with Crippen LogP contribution in [0.2, 0.25) is 0 Å². The first-order valence-corrected chi connectivity index (χ1v) is 10.2. The Morgan fingerprint density at radius 2 is 0.633 bits per heavy atom. The second kappa shape index (κ2) is 28.9. The third-order valence-corrected chi connectivity index (χ3v) is 4.11. The number of nitrogens with two attached hydrogens (primary N) is 2. The van der Waals surface area contributed by atoms with Gasteiger partial charge in [0.15, 0.2) is 0 Å². The van der Waals surface area contributed by atoms with Gasteiger partial charge in [-0.3, -0.25) is 9.59 Å². The van der Waals surface area contributed by atoms with Gasteiger partial charge in [0.1, 0.15) is 0 Å². The molecule has 0 radical (unpaired) electrons. The Hall–Kier alpha value is -0.120. The molecular weight excluding hydrogens is 410 g/mol. The second-order valence-electron chi connectivity index (χ2n) is 6.92. The fraction of sp³-hybridized carbons (Fsp3) is 0.800. The smallest absolute Gasteiger partial charge is 0.550 e. The minimum absolute atomic E-state index is 0. The van der Waals surface area contributed by atoms with E-state index < -0.39 is 11.9 Å². The number of hydrogen-bond donors (Lipinski definition) is 2. The van der Waals surface area contributed by atoms with Crippen molar-refractivity contribution in [3.8, 4) is 0 Å². The maximum Gasteiger partial charge on any atom is 1.00 e. The van der Waals surface area contributed by atoms with Gasteiger partial charge in [0.25, 0.3) is 0 Å². The van der Waals surface area contributed by atoms with Crippen LogP contribution in [0.3, 0.4) is 0 Å². The molecule has 0 saturated carbocycles. The summed E-state index contributed by atoms with van der Waals surface area (Å²) in [6.07, 6.45) is 12.2. The molecule has 0 fully saturated rings. The summed E-state index contributed by atoms with van der Waals surface area (Å²) in [6.45, 7) is 0. The molecule has 0 aromatic heterocycles. The molecule has 2 amide bonds. The summed E-state index contributed by atoms with van der Waals surface area (Å²) in [4.78, 5) is 40.8. The SMILES string of the molecule is NC(=O)CCCCCCCCC(=O)[O-].NC(=O)CCCCCCCCC(=O)[O-].[Na+].[Na+]. The zero-order valence-electron chi connectivity index (χ0n) is 18.9. The fourth-order valence-electron chi connectivity index (χ4n) is 2.55. The first-order chi connectivity index (χ1) is 13.3. The molecule has 164 valence electrons. The van der Waals surface area contributed by atoms with Crippen molar-refractivity contribution in [3.05, 3.63) is 0 Å². The maximum absolute atomic E-state index is 10.4. The topological polar surface area (TPSA) is 166 Å². The van der Waals surface area contributed by atoms with Crippen LogP contribution in [0.25, 0.3) is 0 Å². The van der Waals surface area contributed by atoms with Crippen LogP contribution >= 0.6 is 0 Å². The predicted molar refractivity (Wildman–Crippen MR) is 102 cm³/mol. The van der Waals surface area contributed by atoms with Crippen LogP contribution < -0.4 is 80.8 Å². The molecule has 0 bridgehead atoms. The van der Waals surface area contributed by atoms with Crippen molar-refractivity contribution in [1.82, 2.24) is 0 Å². The molecule has 0 aliphatic rings. The number of aliphatic carboxylic acids is 2. The molecule has 0 unspecified atom stereocenters. The number of amides is 2. The molecule has 0 aromatic carbocycles. The van der Waals surface area contributed by atoms with E-state index in [4.69, 9.17) is 11.5 Å². The van der Waals surface area contributed by atoms with Crippen LogP contribution in [0.15, 0.2) is 0 Å². The van der Waals surface area contributed by atoms with Crippen molar-refractivity contribution in [2.45, 2.75) is 103 Å². The van der Waals surface area contributed by atoms with E-state index in [9.17, 15) is 29.4 Å². The number of carboxylic acid groups (broad SMARTS) is 2. The van der Waals surface area contributed by atoms with Crippen molar-refractivity contribution < 1.29 is 88.5 Å². The molecule has 30 heavy (non-hydrogen) atoms. The van der Waals surface area contributed by atoms with Crippen molar-refractivity contribution >= 4 is 23.8 Å². The van der Waals surface area contributed by atoms with Gasteiger partial charge in [-0.05, 0) is 38.5 Å². The Labute approximate surface area is 224 Å². The monoisotopic (exact) mass is 446 g/mol. The molecule has 0 atom stereocenters. The van der Waals surface area contributed by atoms with Crippen molar-refractivity contribution in [2.24, 2.45) is 11.5 Å². The van der Waals surface area contributed by atoms with Crippen LogP contribution in [0.4, 0.5) is 0 Å². The van der Waals surface area contributed by atoms with E-state index in [0.29, 0.717) is 25.7 Å². The molecular formula is C20H36N2Na2O6. The summed E-state index contributed by atoms with van der Waals surface area (Å²) < 4.78 is 0. The normalized spacial score (nSPS) is 9.33. The number of rotatable bonds is 18. The summed E-state index contributed by atoms with van der Waals surface area (Å²) in [7, 11) is 0. The van der Waals surface area contributed by atoms with Gasteiger partial charge in [-0.1, -0.05) is 51.4 Å². The number of carbonyl (C=O) groups is 4. The molecule has 0 aliphatic carbocycles. The third-order valence-electron chi connectivity index (χ3n) is 4.11. The first-order valence-electron chi connectivity index (χ1n) is 10.2. The van der Waals surface area contributed by atoms with Gasteiger partial charge in [-0.25, -0.2) is 0 Å². The predicted octanol–water partition coefficient (Wildman–Crippen LogP) is -5.31. The van der Waals surface area contributed by atoms with Crippen LogP contribution in [0, 0.1) is 0 Å². The van der Waals surface area contributed by atoms with Crippen molar-refractivity contribution in [2.75, 3.05) is 0 Å². The van der Waals surface area contributed by atoms with E-state index in [2.05, 4.69) is 0 Å². The molecule has 0 heterocycles. The maximum atomic E-state index is 10.4. The molecule has 8 nitrogen and oxygen atoms in total. The van der Waals surface area contributed by atoms with Gasteiger partial charge in [0.05, 0.1) is 0 Å². The number of hydrogen-bond acceptors (Lipinski definition) is 6. The number of primary amides is 2. The number of carbonyl (C=O) groups excluding carboxylic acids is 4. The van der Waals surface area contributed by atoms with Crippen molar-refractivity contribution in [3.63, 3.8) is 0 Å². The van der Waals surface area contributed by atoms with Crippen LogP contribution in [0.5, 0.6) is 0 Å². The van der Waals surface area contributed by atoms with Crippen LogP contribution in [0.1, 0.15) is 103 Å². The standard InChI is InChI=1S/2C10H19NO3.2Na/c2*11-9(12)7-5-3-1-2-4-6-8-10(13)14;;/h2*1-8H2,(H2,11,12)(H,13,14);;/q;;2*+1/p-2. The summed E-state index contributed by atoms with van der Waals surface area (Å²) in [5.41, 5.74) is 9.95. The minimum atomic E-state index is -0.973. The van der Waals surface area contributed by atoms with Crippen LogP contribution in [-0.2, 0) is 19.2 Å². The summed E-state index contributed by atoms with van der Waals surface area (Å²) in [6, 6.07) is 0. The van der Waals surface area contributed by atoms with Crippen LogP contribution in [-0.4, -0.2) is 23.8 Å². The van der Waals surface area contributed by atoms with E-state index in [-0.39, 0.29) is 83.8 Å². The average molecular weight is 446 g/mol. The average Bonchev–Trinajstić information content (AvgIpc) is 2.59. The number of unbranched alkanes of at least 4 members (excludes halogenated alkanes) is 10. The summed E-state index contributed by atoms with van der Waals surface area (Å²) >= 11 is 0. The molecule has 10 heteroatoms. The van der Waals surface area contributed by atoms with Gasteiger partial charge < -0.3 is 31.3 Å². The first kappa shape index (κ1) is 37.2. The zero-order valence-corrected chi connectivity index (χ0v) is 22.9. The quantitative estimate of drug-likeness (QED) is 0.158. The molecule has 0 spiro atoms. The summed E-state index contributed by atoms with van der Waals surface area (Å²) in [5.74, 6) is -2.44. The Balaban J connectivity index is -0.000000211. The third kappa shape index (κ3) is 42.1. The largest absolute Gasteiger partial charge is 1.00 e. The summed E-state index contributed by atoms with van der Waals surface area (Å²) in [5, 5.41) is 20.1. The fourth-order valence-corrected chi connectivity index (χ4v) is 2.55. The van der Waals surface area contributed by atoms with E-state index in [1.165, 1.54) is 0 Å². The Kier molecular flexibility index (Phi) is 35.8. The van der Waals surface area contributed by atoms with E-state index in [1.807, 2.05) is 0 Å². The van der Waals surface area contributed by atoms with Gasteiger partial charge in [-0.2, -0.15) is 0 Å². The Morgan fingerprint density at radius 1 is 0.433 bits per heavy atom. The Morgan fingerprint density at radius 3 is 0.833 bits per heavy atom. The van der Waals surface area contributed by atoms with Gasteiger partial charge in [0.2, 0.25) is 11.8 Å². The molecule has 0 saturated heterocycles. The molecule has 0 rings (SSSR count). The molecule has 0 aromatic rings. The van der Waals surface area contributed by atoms with Crippen molar-refractivity contribution in [1.29, 1.82) is 0 Å². The zero-order chi connectivity index (χ0) is 21.6. The Bertz CT molecular complexity index is 371. The molecule has 0 aliphatic heterocycles. The van der Waals surface area contributed by atoms with E-state index in [1.54, 1.807) is 0 Å². The van der Waals surface area contributed by atoms with Gasteiger partial charge in [-0.15, -0.1) is 0 Å². The van der Waals surface area contributed by atoms with E-state index >= 15 is 0 Å². The number of carboxylic acids is 2. The van der Waals surface area contributed by atoms with Gasteiger partial charge >= 0.3 is 59.1 Å². The minimum Gasteiger partial charge on any atom is -0.550 e. The van der Waals surface area contributed by atoms with E-state index in [0.717, 1.165) is 64.2 Å². The van der Waals surface area contributed by atoms with Gasteiger partial charge in [0, 0.05) is 24.8 Å². The molecule has 4 N–H and O–H groups in total. The second-order valence-corrected chi connectivity index (χ2v) is 6.92.